The van der Waals surface area contributed by atoms with Crippen LogP contribution in [0.15, 0.2) is 67.0 Å². The van der Waals surface area contributed by atoms with Gasteiger partial charge in [-0.05, 0) is 42.7 Å². The van der Waals surface area contributed by atoms with E-state index in [2.05, 4.69) is 27.8 Å². The predicted molar refractivity (Wildman–Crippen MR) is 107 cm³/mol. The lowest BCUT2D eigenvalue weighted by molar-refractivity contribution is 0.102. The average molecular weight is 366 g/mol. The van der Waals surface area contributed by atoms with Crippen LogP contribution in [0.4, 0.5) is 11.4 Å². The number of anilines is 2. The van der Waals surface area contributed by atoms with Crippen molar-refractivity contribution in [3.8, 4) is 0 Å². The summed E-state index contributed by atoms with van der Waals surface area (Å²) in [6.45, 7) is 2.69. The Morgan fingerprint density at radius 1 is 1.08 bits per heavy atom. The second-order valence-corrected chi connectivity index (χ2v) is 6.47. The second-order valence-electron chi connectivity index (χ2n) is 6.04. The Morgan fingerprint density at radius 3 is 2.69 bits per heavy atom. The SMILES string of the molecule is Cc1ccc(Cl)cc1NC(=O)c1cncc(NCCc2ccccc2)c1. The van der Waals surface area contributed by atoms with Crippen molar-refractivity contribution in [2.75, 3.05) is 17.2 Å². The Kier molecular flexibility index (Phi) is 5.87. The summed E-state index contributed by atoms with van der Waals surface area (Å²) in [7, 11) is 0. The minimum atomic E-state index is -0.213. The number of aromatic nitrogens is 1. The molecule has 0 aliphatic heterocycles. The van der Waals surface area contributed by atoms with Gasteiger partial charge in [0.25, 0.3) is 5.91 Å². The molecule has 0 unspecified atom stereocenters. The molecule has 2 aromatic carbocycles. The number of carbonyl (C=O) groups excluding carboxylic acids is 1. The fourth-order valence-corrected chi connectivity index (χ4v) is 2.75. The summed E-state index contributed by atoms with van der Waals surface area (Å²) < 4.78 is 0. The van der Waals surface area contributed by atoms with Crippen LogP contribution in [-0.2, 0) is 6.42 Å². The summed E-state index contributed by atoms with van der Waals surface area (Å²) in [4.78, 5) is 16.7. The Balaban J connectivity index is 1.62. The summed E-state index contributed by atoms with van der Waals surface area (Å²) in [5.41, 5.74) is 4.22. The zero-order valence-corrected chi connectivity index (χ0v) is 15.3. The van der Waals surface area contributed by atoms with Crippen molar-refractivity contribution >= 4 is 28.9 Å². The van der Waals surface area contributed by atoms with E-state index >= 15 is 0 Å². The molecular formula is C21H20ClN3O. The molecule has 0 saturated heterocycles. The van der Waals surface area contributed by atoms with Gasteiger partial charge >= 0.3 is 0 Å². The monoisotopic (exact) mass is 365 g/mol. The normalized spacial score (nSPS) is 10.4. The molecule has 26 heavy (non-hydrogen) atoms. The summed E-state index contributed by atoms with van der Waals surface area (Å²) in [5, 5.41) is 6.78. The van der Waals surface area contributed by atoms with E-state index in [1.54, 1.807) is 30.6 Å². The third kappa shape index (κ3) is 4.83. The molecule has 0 fully saturated rings. The fourth-order valence-electron chi connectivity index (χ4n) is 2.58. The Bertz CT molecular complexity index is 897. The average Bonchev–Trinajstić information content (AvgIpc) is 2.66. The van der Waals surface area contributed by atoms with Gasteiger partial charge < -0.3 is 10.6 Å². The third-order valence-corrected chi connectivity index (χ3v) is 4.27. The van der Waals surface area contributed by atoms with Crippen molar-refractivity contribution in [3.63, 3.8) is 0 Å². The molecule has 0 aliphatic rings. The summed E-state index contributed by atoms with van der Waals surface area (Å²) in [6, 6.07) is 17.5. The van der Waals surface area contributed by atoms with Crippen LogP contribution in [0, 0.1) is 6.92 Å². The number of pyridine rings is 1. The number of benzene rings is 2. The fraction of sp³-hybridized carbons (Fsp3) is 0.143. The van der Waals surface area contributed by atoms with Crippen molar-refractivity contribution in [2.45, 2.75) is 13.3 Å². The number of nitrogens with one attached hydrogen (secondary N) is 2. The quantitative estimate of drug-likeness (QED) is 0.649. The van der Waals surface area contributed by atoms with Crippen LogP contribution >= 0.6 is 11.6 Å². The number of amides is 1. The maximum atomic E-state index is 12.5. The van der Waals surface area contributed by atoms with Gasteiger partial charge in [0.15, 0.2) is 0 Å². The van der Waals surface area contributed by atoms with Gasteiger partial charge in [-0.1, -0.05) is 48.0 Å². The van der Waals surface area contributed by atoms with E-state index in [1.165, 1.54) is 5.56 Å². The van der Waals surface area contributed by atoms with Crippen molar-refractivity contribution < 1.29 is 4.79 Å². The summed E-state index contributed by atoms with van der Waals surface area (Å²) in [5.74, 6) is -0.213. The van der Waals surface area contributed by atoms with E-state index in [0.717, 1.165) is 24.2 Å². The highest BCUT2D eigenvalue weighted by molar-refractivity contribution is 6.31. The van der Waals surface area contributed by atoms with Gasteiger partial charge in [0.05, 0.1) is 11.3 Å². The van der Waals surface area contributed by atoms with Crippen LogP contribution in [0.5, 0.6) is 0 Å². The zero-order valence-electron chi connectivity index (χ0n) is 14.5. The van der Waals surface area contributed by atoms with E-state index in [1.807, 2.05) is 31.2 Å². The van der Waals surface area contributed by atoms with Crippen LogP contribution in [0.3, 0.4) is 0 Å². The molecule has 0 radical (unpaired) electrons. The summed E-state index contributed by atoms with van der Waals surface area (Å²) in [6.07, 6.45) is 4.17. The Labute approximate surface area is 158 Å². The van der Waals surface area contributed by atoms with Crippen molar-refractivity contribution in [2.24, 2.45) is 0 Å². The minimum absolute atomic E-state index is 0.213. The van der Waals surface area contributed by atoms with Crippen molar-refractivity contribution in [1.29, 1.82) is 0 Å². The van der Waals surface area contributed by atoms with Crippen molar-refractivity contribution in [1.82, 2.24) is 4.98 Å². The number of halogens is 1. The molecule has 132 valence electrons. The molecule has 5 heteroatoms. The summed E-state index contributed by atoms with van der Waals surface area (Å²) >= 11 is 6.01. The van der Waals surface area contributed by atoms with Gasteiger partial charge in [-0.3, -0.25) is 9.78 Å². The number of hydrogen-bond donors (Lipinski definition) is 2. The van der Waals surface area contributed by atoms with E-state index in [-0.39, 0.29) is 5.91 Å². The zero-order chi connectivity index (χ0) is 18.4. The smallest absolute Gasteiger partial charge is 0.257 e. The molecule has 0 saturated carbocycles. The molecule has 0 atom stereocenters. The third-order valence-electron chi connectivity index (χ3n) is 4.03. The highest BCUT2D eigenvalue weighted by Crippen LogP contribution is 2.21. The standard InChI is InChI=1S/C21H20ClN3O/c1-15-7-8-18(22)12-20(15)25-21(26)17-11-19(14-23-13-17)24-10-9-16-5-3-2-4-6-16/h2-8,11-14,24H,9-10H2,1H3,(H,25,26). The molecule has 0 aliphatic carbocycles. The molecule has 3 rings (SSSR count). The number of aryl methyl sites for hydroxylation is 1. The first-order valence-electron chi connectivity index (χ1n) is 8.42. The number of rotatable bonds is 6. The second kappa shape index (κ2) is 8.50. The van der Waals surface area contributed by atoms with Crippen molar-refractivity contribution in [3.05, 3.63) is 88.7 Å². The lowest BCUT2D eigenvalue weighted by atomic mass is 10.1. The molecule has 1 aromatic heterocycles. The largest absolute Gasteiger partial charge is 0.383 e. The Hall–Kier alpha value is -2.85. The maximum absolute atomic E-state index is 12.5. The maximum Gasteiger partial charge on any atom is 0.257 e. The van der Waals surface area contributed by atoms with Gasteiger partial charge in [0.1, 0.15) is 0 Å². The first-order valence-corrected chi connectivity index (χ1v) is 8.80. The molecular weight excluding hydrogens is 346 g/mol. The molecule has 4 nitrogen and oxygen atoms in total. The molecule has 1 amide bonds. The molecule has 0 spiro atoms. The lowest BCUT2D eigenvalue weighted by Crippen LogP contribution is -2.14. The van der Waals surface area contributed by atoms with Gasteiger partial charge in [-0.15, -0.1) is 0 Å². The number of nitrogens with zero attached hydrogens (tertiary/aromatic N) is 1. The molecule has 2 N–H and O–H groups in total. The first-order chi connectivity index (χ1) is 12.6. The van der Waals surface area contributed by atoms with E-state index in [0.29, 0.717) is 16.3 Å². The lowest BCUT2D eigenvalue weighted by Gasteiger charge is -2.10. The van der Waals surface area contributed by atoms with Crippen LogP contribution in [0.2, 0.25) is 5.02 Å². The van der Waals surface area contributed by atoms with Gasteiger partial charge in [-0.25, -0.2) is 0 Å². The number of hydrogen-bond acceptors (Lipinski definition) is 3. The van der Waals surface area contributed by atoms with E-state index in [4.69, 9.17) is 11.6 Å². The van der Waals surface area contributed by atoms with Crippen LogP contribution in [-0.4, -0.2) is 17.4 Å². The highest BCUT2D eigenvalue weighted by Gasteiger charge is 2.09. The topological polar surface area (TPSA) is 54.0 Å². The molecule has 1 heterocycles. The number of carbonyl (C=O) groups is 1. The highest BCUT2D eigenvalue weighted by atomic mass is 35.5. The van der Waals surface area contributed by atoms with Crippen LogP contribution < -0.4 is 10.6 Å². The first kappa shape index (κ1) is 18.0. The molecule has 0 bridgehead atoms. The predicted octanol–water partition coefficient (Wildman–Crippen LogP) is 4.95. The van der Waals surface area contributed by atoms with Gasteiger partial charge in [0, 0.05) is 29.6 Å². The minimum Gasteiger partial charge on any atom is -0.383 e. The van der Waals surface area contributed by atoms with Gasteiger partial charge in [0.2, 0.25) is 0 Å². The molecule has 3 aromatic rings. The Morgan fingerprint density at radius 2 is 1.88 bits per heavy atom. The van der Waals surface area contributed by atoms with E-state index in [9.17, 15) is 4.79 Å². The van der Waals surface area contributed by atoms with Crippen LogP contribution in [0.1, 0.15) is 21.5 Å². The van der Waals surface area contributed by atoms with E-state index < -0.39 is 0 Å². The van der Waals surface area contributed by atoms with Gasteiger partial charge in [-0.2, -0.15) is 0 Å². The van der Waals surface area contributed by atoms with Crippen LogP contribution in [0.25, 0.3) is 0 Å².